The zero-order valence-electron chi connectivity index (χ0n) is 11.8. The van der Waals surface area contributed by atoms with E-state index in [4.69, 9.17) is 11.6 Å². The van der Waals surface area contributed by atoms with E-state index in [-0.39, 0.29) is 0 Å². The highest BCUT2D eigenvalue weighted by Gasteiger charge is 2.53. The van der Waals surface area contributed by atoms with Gasteiger partial charge in [-0.25, -0.2) is 0 Å². The molecule has 2 fully saturated rings. The predicted molar refractivity (Wildman–Crippen MR) is 80.6 cm³/mol. The largest absolute Gasteiger partial charge is 0.317 e. The van der Waals surface area contributed by atoms with Crippen molar-refractivity contribution < 1.29 is 0 Å². The number of nitrogens with one attached hydrogen (secondary N) is 1. The maximum atomic E-state index is 6.03. The molecule has 1 aromatic carbocycles. The Kier molecular flexibility index (Phi) is 3.59. The summed E-state index contributed by atoms with van der Waals surface area (Å²) in [5.74, 6) is 0. The topological polar surface area (TPSA) is 15.3 Å². The highest BCUT2D eigenvalue weighted by atomic mass is 35.5. The van der Waals surface area contributed by atoms with E-state index in [0.717, 1.165) is 18.1 Å². The lowest BCUT2D eigenvalue weighted by Crippen LogP contribution is -2.63. The summed E-state index contributed by atoms with van der Waals surface area (Å²) >= 11 is 6.03. The van der Waals surface area contributed by atoms with E-state index in [2.05, 4.69) is 36.2 Å². The molecule has 2 aliphatic rings. The van der Waals surface area contributed by atoms with Crippen molar-refractivity contribution in [3.8, 4) is 0 Å². The van der Waals surface area contributed by atoms with Gasteiger partial charge in [-0.2, -0.15) is 0 Å². The van der Waals surface area contributed by atoms with Gasteiger partial charge in [0.25, 0.3) is 0 Å². The van der Waals surface area contributed by atoms with Crippen LogP contribution in [0.5, 0.6) is 0 Å². The van der Waals surface area contributed by atoms with E-state index in [1.54, 1.807) is 0 Å². The third kappa shape index (κ3) is 2.31. The van der Waals surface area contributed by atoms with Crippen molar-refractivity contribution in [3.63, 3.8) is 0 Å². The number of hydrogen-bond donors (Lipinski definition) is 1. The molecule has 1 spiro atoms. The summed E-state index contributed by atoms with van der Waals surface area (Å²) in [6.45, 7) is 8.18. The summed E-state index contributed by atoms with van der Waals surface area (Å²) in [5.41, 5.74) is 1.93. The van der Waals surface area contributed by atoms with Gasteiger partial charge in [0, 0.05) is 29.1 Å². The Morgan fingerprint density at radius 3 is 2.42 bits per heavy atom. The molecule has 104 valence electrons. The Bertz CT molecular complexity index is 435. The average molecular weight is 279 g/mol. The Balaban J connectivity index is 1.90. The fourth-order valence-corrected chi connectivity index (χ4v) is 3.93. The van der Waals surface area contributed by atoms with Crippen LogP contribution in [-0.2, 0) is 0 Å². The molecule has 0 radical (unpaired) electrons. The zero-order chi connectivity index (χ0) is 13.5. The SMILES string of the molecule is CC(C)N1CC2(CCNCC2)C1c1ccc(Cl)cc1. The molecule has 1 unspecified atom stereocenters. The van der Waals surface area contributed by atoms with Crippen molar-refractivity contribution in [1.82, 2.24) is 10.2 Å². The summed E-state index contributed by atoms with van der Waals surface area (Å²) in [6.07, 6.45) is 2.59. The highest BCUT2D eigenvalue weighted by Crippen LogP contribution is 2.54. The minimum atomic E-state index is 0.489. The maximum Gasteiger partial charge on any atom is 0.0420 e. The lowest BCUT2D eigenvalue weighted by molar-refractivity contribution is -0.113. The molecule has 0 aromatic heterocycles. The standard InChI is InChI=1S/C16H23ClN2/c1-12(2)19-11-16(7-9-18-10-8-16)15(19)13-3-5-14(17)6-4-13/h3-6,12,15,18H,7-11H2,1-2H3. The Hall–Kier alpha value is -0.570. The molecule has 1 atom stereocenters. The number of likely N-dealkylation sites (tertiary alicyclic amines) is 1. The van der Waals surface area contributed by atoms with Crippen molar-refractivity contribution in [2.45, 2.75) is 38.8 Å². The molecule has 2 aliphatic heterocycles. The molecule has 1 N–H and O–H groups in total. The van der Waals surface area contributed by atoms with Crippen LogP contribution in [0.1, 0.15) is 38.3 Å². The lowest BCUT2D eigenvalue weighted by atomic mass is 9.63. The van der Waals surface area contributed by atoms with E-state index in [0.29, 0.717) is 17.5 Å². The van der Waals surface area contributed by atoms with E-state index < -0.39 is 0 Å². The van der Waals surface area contributed by atoms with Crippen LogP contribution in [0.3, 0.4) is 0 Å². The van der Waals surface area contributed by atoms with Crippen LogP contribution in [0, 0.1) is 5.41 Å². The van der Waals surface area contributed by atoms with Gasteiger partial charge >= 0.3 is 0 Å². The van der Waals surface area contributed by atoms with Crippen LogP contribution in [0.25, 0.3) is 0 Å². The van der Waals surface area contributed by atoms with Gasteiger partial charge in [-0.15, -0.1) is 0 Å². The van der Waals surface area contributed by atoms with E-state index in [1.165, 1.54) is 24.9 Å². The van der Waals surface area contributed by atoms with Crippen molar-refractivity contribution in [3.05, 3.63) is 34.9 Å². The molecule has 0 aliphatic carbocycles. The highest BCUT2D eigenvalue weighted by molar-refractivity contribution is 6.30. The molecule has 2 heterocycles. The molecule has 0 saturated carbocycles. The first kappa shape index (κ1) is 13.4. The molecule has 0 bridgehead atoms. The number of hydrogen-bond acceptors (Lipinski definition) is 2. The van der Waals surface area contributed by atoms with Gasteiger partial charge < -0.3 is 5.32 Å². The summed E-state index contributed by atoms with van der Waals surface area (Å²) in [4.78, 5) is 2.63. The van der Waals surface area contributed by atoms with E-state index >= 15 is 0 Å². The molecule has 19 heavy (non-hydrogen) atoms. The van der Waals surface area contributed by atoms with Gasteiger partial charge in [0.2, 0.25) is 0 Å². The molecule has 3 heteroatoms. The van der Waals surface area contributed by atoms with Gasteiger partial charge in [-0.1, -0.05) is 23.7 Å². The van der Waals surface area contributed by atoms with Crippen molar-refractivity contribution in [2.75, 3.05) is 19.6 Å². The molecular formula is C16H23ClN2. The number of rotatable bonds is 2. The minimum Gasteiger partial charge on any atom is -0.317 e. The molecule has 2 saturated heterocycles. The van der Waals surface area contributed by atoms with Gasteiger partial charge in [0.05, 0.1) is 0 Å². The predicted octanol–water partition coefficient (Wildman–Crippen LogP) is 3.47. The zero-order valence-corrected chi connectivity index (χ0v) is 12.6. The number of benzene rings is 1. The molecule has 0 amide bonds. The first-order chi connectivity index (χ1) is 9.12. The molecule has 3 rings (SSSR count). The first-order valence-electron chi connectivity index (χ1n) is 7.34. The molecule has 1 aromatic rings. The van der Waals surface area contributed by atoms with Gasteiger partial charge in [-0.3, -0.25) is 4.90 Å². The normalized spacial score (nSPS) is 26.6. The van der Waals surface area contributed by atoms with E-state index in [9.17, 15) is 0 Å². The Morgan fingerprint density at radius 1 is 1.21 bits per heavy atom. The lowest BCUT2D eigenvalue weighted by Gasteiger charge is -2.61. The minimum absolute atomic E-state index is 0.489. The second-order valence-corrected chi connectivity index (χ2v) is 6.77. The number of halogens is 1. The van der Waals surface area contributed by atoms with E-state index in [1.807, 2.05) is 12.1 Å². The fraction of sp³-hybridized carbons (Fsp3) is 0.625. The quantitative estimate of drug-likeness (QED) is 0.891. The van der Waals surface area contributed by atoms with Crippen LogP contribution in [0.15, 0.2) is 24.3 Å². The second kappa shape index (κ2) is 5.08. The summed E-state index contributed by atoms with van der Waals surface area (Å²) in [7, 11) is 0. The second-order valence-electron chi connectivity index (χ2n) is 6.33. The fourth-order valence-electron chi connectivity index (χ4n) is 3.81. The van der Waals surface area contributed by atoms with Gasteiger partial charge in [0.1, 0.15) is 0 Å². The third-order valence-corrected chi connectivity index (χ3v) is 5.11. The van der Waals surface area contributed by atoms with Crippen molar-refractivity contribution in [2.24, 2.45) is 5.41 Å². The van der Waals surface area contributed by atoms with Crippen LogP contribution >= 0.6 is 11.6 Å². The maximum absolute atomic E-state index is 6.03. The van der Waals surface area contributed by atoms with Gasteiger partial charge in [-0.05, 0) is 57.5 Å². The molecular weight excluding hydrogens is 256 g/mol. The molecule has 2 nitrogen and oxygen atoms in total. The number of piperidine rings is 1. The monoisotopic (exact) mass is 278 g/mol. The van der Waals surface area contributed by atoms with Crippen molar-refractivity contribution >= 4 is 11.6 Å². The van der Waals surface area contributed by atoms with Crippen LogP contribution < -0.4 is 5.32 Å². The van der Waals surface area contributed by atoms with Crippen LogP contribution in [-0.4, -0.2) is 30.6 Å². The third-order valence-electron chi connectivity index (χ3n) is 4.86. The summed E-state index contributed by atoms with van der Waals surface area (Å²) in [6, 6.07) is 9.68. The average Bonchev–Trinajstić information content (AvgIpc) is 2.40. The Labute approximate surface area is 121 Å². The van der Waals surface area contributed by atoms with Crippen molar-refractivity contribution in [1.29, 1.82) is 0 Å². The van der Waals surface area contributed by atoms with Gasteiger partial charge in [0.15, 0.2) is 0 Å². The van der Waals surface area contributed by atoms with Crippen LogP contribution in [0.2, 0.25) is 5.02 Å². The summed E-state index contributed by atoms with van der Waals surface area (Å²) < 4.78 is 0. The first-order valence-corrected chi connectivity index (χ1v) is 7.72. The Morgan fingerprint density at radius 2 is 1.84 bits per heavy atom. The smallest absolute Gasteiger partial charge is 0.0420 e. The number of nitrogens with zero attached hydrogens (tertiary/aromatic N) is 1. The summed E-state index contributed by atoms with van der Waals surface area (Å²) in [5, 5.41) is 4.33. The van der Waals surface area contributed by atoms with Crippen LogP contribution in [0.4, 0.5) is 0 Å².